The number of carboxylic acids is 1. The molecule has 0 radical (unpaired) electrons. The molecule has 0 fully saturated rings. The molecular formula is C12H8ClFN2O3. The summed E-state index contributed by atoms with van der Waals surface area (Å²) in [4.78, 5) is 28.2. The largest absolute Gasteiger partial charge is 0.477 e. The number of H-pyrrole nitrogens is 1. The third-order valence-corrected chi connectivity index (χ3v) is 2.84. The number of nitrogens with one attached hydrogen (secondary N) is 1. The van der Waals surface area contributed by atoms with E-state index in [1.807, 2.05) is 0 Å². The van der Waals surface area contributed by atoms with Gasteiger partial charge in [0.05, 0.1) is 0 Å². The zero-order chi connectivity index (χ0) is 14.0. The van der Waals surface area contributed by atoms with Gasteiger partial charge in [-0.3, -0.25) is 4.79 Å². The number of hydrogen-bond acceptors (Lipinski definition) is 3. The first kappa shape index (κ1) is 13.2. The van der Waals surface area contributed by atoms with Gasteiger partial charge in [-0.1, -0.05) is 17.7 Å². The smallest absolute Gasteiger partial charge is 0.342 e. The van der Waals surface area contributed by atoms with Crippen LogP contribution in [0.1, 0.15) is 21.7 Å². The second-order valence-electron chi connectivity index (χ2n) is 3.75. The van der Waals surface area contributed by atoms with E-state index in [0.717, 1.165) is 6.20 Å². The van der Waals surface area contributed by atoms with Gasteiger partial charge in [0.15, 0.2) is 0 Å². The molecule has 7 heteroatoms. The predicted molar refractivity (Wildman–Crippen MR) is 66.0 cm³/mol. The Morgan fingerprint density at radius 1 is 1.47 bits per heavy atom. The van der Waals surface area contributed by atoms with Crippen molar-refractivity contribution in [2.75, 3.05) is 0 Å². The monoisotopic (exact) mass is 282 g/mol. The summed E-state index contributed by atoms with van der Waals surface area (Å²) in [5.41, 5.74) is -1.07. The fraction of sp³-hybridized carbons (Fsp3) is 0.0833. The van der Waals surface area contributed by atoms with Crippen molar-refractivity contribution in [2.45, 2.75) is 6.42 Å². The third-order valence-electron chi connectivity index (χ3n) is 2.49. The number of aromatic amines is 1. The molecule has 98 valence electrons. The number of aromatic carboxylic acids is 1. The predicted octanol–water partition coefficient (Wildman–Crippen LogP) is 1.85. The van der Waals surface area contributed by atoms with Crippen LogP contribution in [0.3, 0.4) is 0 Å². The number of benzene rings is 1. The van der Waals surface area contributed by atoms with E-state index in [2.05, 4.69) is 9.97 Å². The van der Waals surface area contributed by atoms with Gasteiger partial charge in [-0.25, -0.2) is 14.2 Å². The molecule has 0 amide bonds. The Morgan fingerprint density at radius 2 is 2.21 bits per heavy atom. The number of halogens is 2. The molecule has 0 aliphatic carbocycles. The third kappa shape index (κ3) is 2.79. The topological polar surface area (TPSA) is 83.0 Å². The lowest BCUT2D eigenvalue weighted by Crippen LogP contribution is -2.20. The van der Waals surface area contributed by atoms with Gasteiger partial charge in [0, 0.05) is 23.2 Å². The Bertz CT molecular complexity index is 679. The Labute approximate surface area is 111 Å². The van der Waals surface area contributed by atoms with Crippen LogP contribution in [-0.4, -0.2) is 21.0 Å². The van der Waals surface area contributed by atoms with Crippen LogP contribution in [0.15, 0.2) is 29.2 Å². The van der Waals surface area contributed by atoms with E-state index in [4.69, 9.17) is 16.7 Å². The van der Waals surface area contributed by atoms with Gasteiger partial charge in [-0.05, 0) is 12.1 Å². The van der Waals surface area contributed by atoms with Crippen LogP contribution in [0.25, 0.3) is 0 Å². The summed E-state index contributed by atoms with van der Waals surface area (Å²) < 4.78 is 13.5. The molecule has 5 nitrogen and oxygen atoms in total. The first-order chi connectivity index (χ1) is 8.99. The summed E-state index contributed by atoms with van der Waals surface area (Å²) in [5, 5.41) is 8.91. The average Bonchev–Trinajstić information content (AvgIpc) is 2.33. The zero-order valence-electron chi connectivity index (χ0n) is 9.48. The first-order valence-electron chi connectivity index (χ1n) is 5.23. The average molecular weight is 283 g/mol. The molecule has 19 heavy (non-hydrogen) atoms. The molecule has 0 atom stereocenters. The van der Waals surface area contributed by atoms with Crippen LogP contribution >= 0.6 is 11.6 Å². The minimum Gasteiger partial charge on any atom is -0.477 e. The molecule has 0 bridgehead atoms. The van der Waals surface area contributed by atoms with E-state index in [1.54, 1.807) is 0 Å². The first-order valence-corrected chi connectivity index (χ1v) is 5.61. The zero-order valence-corrected chi connectivity index (χ0v) is 10.2. The second kappa shape index (κ2) is 5.19. The van der Waals surface area contributed by atoms with Crippen molar-refractivity contribution >= 4 is 17.6 Å². The number of nitrogens with zero attached hydrogens (tertiary/aromatic N) is 1. The Balaban J connectivity index is 2.37. The molecule has 0 spiro atoms. The van der Waals surface area contributed by atoms with Crippen LogP contribution < -0.4 is 5.56 Å². The molecule has 2 aromatic rings. The Hall–Kier alpha value is -2.21. The highest BCUT2D eigenvalue weighted by molar-refractivity contribution is 6.31. The van der Waals surface area contributed by atoms with Gasteiger partial charge >= 0.3 is 5.97 Å². The Kier molecular flexibility index (Phi) is 3.62. The number of hydrogen-bond donors (Lipinski definition) is 2. The maximum Gasteiger partial charge on any atom is 0.342 e. The van der Waals surface area contributed by atoms with Gasteiger partial charge in [0.25, 0.3) is 5.56 Å². The molecule has 0 aliphatic heterocycles. The van der Waals surface area contributed by atoms with Gasteiger partial charge in [0.1, 0.15) is 17.2 Å². The van der Waals surface area contributed by atoms with Gasteiger partial charge in [-0.15, -0.1) is 0 Å². The molecule has 1 heterocycles. The highest BCUT2D eigenvalue weighted by Crippen LogP contribution is 2.20. The molecule has 0 saturated carbocycles. The lowest BCUT2D eigenvalue weighted by molar-refractivity contribution is 0.0694. The van der Waals surface area contributed by atoms with Crippen molar-refractivity contribution in [3.8, 4) is 0 Å². The normalized spacial score (nSPS) is 10.4. The fourth-order valence-electron chi connectivity index (χ4n) is 1.54. The number of carboxylic acid groups (broad SMARTS) is 1. The highest BCUT2D eigenvalue weighted by Gasteiger charge is 2.12. The standard InChI is InChI=1S/C12H8ClFN2O3/c13-8-2-1-3-9(14)6(8)4-10-15-5-7(12(18)19)11(17)16-10/h1-3,5H,4H2,(H,18,19)(H,15,16,17). The van der Waals surface area contributed by atoms with Crippen LogP contribution in [0.4, 0.5) is 4.39 Å². The molecule has 0 saturated heterocycles. The molecule has 0 aliphatic rings. The van der Waals surface area contributed by atoms with E-state index in [0.29, 0.717) is 0 Å². The van der Waals surface area contributed by atoms with Crippen LogP contribution in [0.5, 0.6) is 0 Å². The lowest BCUT2D eigenvalue weighted by atomic mass is 10.1. The molecule has 1 aromatic carbocycles. The highest BCUT2D eigenvalue weighted by atomic mass is 35.5. The number of rotatable bonds is 3. The summed E-state index contributed by atoms with van der Waals surface area (Å²) in [7, 11) is 0. The van der Waals surface area contributed by atoms with Crippen molar-refractivity contribution < 1.29 is 14.3 Å². The van der Waals surface area contributed by atoms with Gasteiger partial charge in [0.2, 0.25) is 0 Å². The van der Waals surface area contributed by atoms with E-state index >= 15 is 0 Å². The second-order valence-corrected chi connectivity index (χ2v) is 4.16. The summed E-state index contributed by atoms with van der Waals surface area (Å²) in [5.74, 6) is -1.75. The minimum absolute atomic E-state index is 0.0271. The summed E-state index contributed by atoms with van der Waals surface area (Å²) >= 11 is 5.85. The number of carbonyl (C=O) groups is 1. The quantitative estimate of drug-likeness (QED) is 0.900. The van der Waals surface area contributed by atoms with Crippen LogP contribution in [0, 0.1) is 5.82 Å². The van der Waals surface area contributed by atoms with Crippen molar-refractivity contribution in [2.24, 2.45) is 0 Å². The van der Waals surface area contributed by atoms with Gasteiger partial charge < -0.3 is 10.1 Å². The number of aromatic nitrogens is 2. The summed E-state index contributed by atoms with van der Waals surface area (Å²) in [6.07, 6.45) is 0.909. The maximum atomic E-state index is 13.5. The van der Waals surface area contributed by atoms with E-state index < -0.39 is 22.9 Å². The summed E-state index contributed by atoms with van der Waals surface area (Å²) in [6, 6.07) is 4.22. The molecule has 2 N–H and O–H groups in total. The fourth-order valence-corrected chi connectivity index (χ4v) is 1.77. The molecular weight excluding hydrogens is 275 g/mol. The van der Waals surface area contributed by atoms with E-state index in [9.17, 15) is 14.0 Å². The van der Waals surface area contributed by atoms with Crippen LogP contribution in [0.2, 0.25) is 5.02 Å². The maximum absolute atomic E-state index is 13.5. The van der Waals surface area contributed by atoms with E-state index in [1.165, 1.54) is 18.2 Å². The molecule has 1 aromatic heterocycles. The molecule has 2 rings (SSSR count). The van der Waals surface area contributed by atoms with Crippen molar-refractivity contribution in [3.05, 3.63) is 62.5 Å². The van der Waals surface area contributed by atoms with Crippen LogP contribution in [-0.2, 0) is 6.42 Å². The summed E-state index contributed by atoms with van der Waals surface area (Å²) in [6.45, 7) is 0. The van der Waals surface area contributed by atoms with Crippen molar-refractivity contribution in [3.63, 3.8) is 0 Å². The van der Waals surface area contributed by atoms with Crippen molar-refractivity contribution in [1.29, 1.82) is 0 Å². The Morgan fingerprint density at radius 3 is 2.79 bits per heavy atom. The SMILES string of the molecule is O=C(O)c1cnc(Cc2c(F)cccc2Cl)[nH]c1=O. The van der Waals surface area contributed by atoms with Crippen molar-refractivity contribution in [1.82, 2.24) is 9.97 Å². The molecule has 0 unspecified atom stereocenters. The van der Waals surface area contributed by atoms with E-state index in [-0.39, 0.29) is 22.8 Å². The minimum atomic E-state index is -1.37. The van der Waals surface area contributed by atoms with Gasteiger partial charge in [-0.2, -0.15) is 0 Å². The lowest BCUT2D eigenvalue weighted by Gasteiger charge is -2.05.